The number of thiophene rings is 1. The first-order valence-corrected chi connectivity index (χ1v) is 13.2. The summed E-state index contributed by atoms with van der Waals surface area (Å²) in [4.78, 5) is 69.9. The van der Waals surface area contributed by atoms with E-state index in [2.05, 4.69) is 10.6 Å². The third kappa shape index (κ3) is 4.65. The van der Waals surface area contributed by atoms with E-state index in [1.165, 1.54) is 18.3 Å². The van der Waals surface area contributed by atoms with Crippen molar-refractivity contribution in [2.75, 3.05) is 26.2 Å². The van der Waals surface area contributed by atoms with Crippen LogP contribution >= 0.6 is 11.3 Å². The first-order chi connectivity index (χ1) is 16.8. The zero-order valence-corrected chi connectivity index (χ0v) is 20.6. The molecule has 4 fully saturated rings. The van der Waals surface area contributed by atoms with Gasteiger partial charge in [0.05, 0.1) is 12.5 Å². The minimum Gasteiger partial charge on any atom is -0.351 e. The molecular weight excluding hydrogens is 470 g/mol. The van der Waals surface area contributed by atoms with E-state index in [0.717, 1.165) is 4.88 Å². The minimum absolute atomic E-state index is 0.0187. The van der Waals surface area contributed by atoms with Crippen molar-refractivity contribution in [1.82, 2.24) is 25.3 Å². The molecule has 4 aliphatic heterocycles. The van der Waals surface area contributed by atoms with Crippen molar-refractivity contribution in [3.8, 4) is 0 Å². The van der Waals surface area contributed by atoms with Gasteiger partial charge in [-0.3, -0.25) is 24.0 Å². The Hall–Kier alpha value is -2.95. The summed E-state index contributed by atoms with van der Waals surface area (Å²) in [5, 5.41) is 7.95. The first kappa shape index (κ1) is 23.8. The summed E-state index contributed by atoms with van der Waals surface area (Å²) >= 11 is 1.51. The molecule has 188 valence electrons. The summed E-state index contributed by atoms with van der Waals surface area (Å²) in [6.07, 6.45) is 2.37. The summed E-state index contributed by atoms with van der Waals surface area (Å²) in [6.45, 7) is 3.35. The first-order valence-electron chi connectivity index (χ1n) is 12.3. The van der Waals surface area contributed by atoms with E-state index in [1.54, 1.807) is 14.7 Å². The van der Waals surface area contributed by atoms with E-state index in [9.17, 15) is 24.0 Å². The van der Waals surface area contributed by atoms with Crippen molar-refractivity contribution in [3.05, 3.63) is 22.4 Å². The second-order valence-corrected chi connectivity index (χ2v) is 11.0. The second kappa shape index (κ2) is 9.60. The fraction of sp³-hybridized carbons (Fsp3) is 0.625. The molecule has 10 nitrogen and oxygen atoms in total. The Kier molecular flexibility index (Phi) is 6.52. The zero-order chi connectivity index (χ0) is 24.7. The highest BCUT2D eigenvalue weighted by Crippen LogP contribution is 2.30. The van der Waals surface area contributed by atoms with Crippen LogP contribution in [-0.2, 0) is 30.4 Å². The van der Waals surface area contributed by atoms with E-state index in [4.69, 9.17) is 0 Å². The van der Waals surface area contributed by atoms with Gasteiger partial charge in [0.15, 0.2) is 0 Å². The molecule has 11 heteroatoms. The van der Waals surface area contributed by atoms with E-state index in [-0.39, 0.29) is 60.5 Å². The number of hydrogen-bond donors (Lipinski definition) is 2. The molecule has 5 heterocycles. The molecule has 4 unspecified atom stereocenters. The lowest BCUT2D eigenvalue weighted by Gasteiger charge is -2.31. The van der Waals surface area contributed by atoms with Crippen molar-refractivity contribution in [2.24, 2.45) is 5.92 Å². The van der Waals surface area contributed by atoms with Crippen LogP contribution in [0.2, 0.25) is 0 Å². The molecule has 1 aromatic heterocycles. The van der Waals surface area contributed by atoms with Crippen LogP contribution in [-0.4, -0.2) is 94.6 Å². The molecule has 4 atom stereocenters. The molecule has 1 aromatic rings. The van der Waals surface area contributed by atoms with Crippen molar-refractivity contribution >= 4 is 40.9 Å². The summed E-state index contributed by atoms with van der Waals surface area (Å²) in [6, 6.07) is 1.75. The zero-order valence-electron chi connectivity index (χ0n) is 19.8. The summed E-state index contributed by atoms with van der Waals surface area (Å²) in [5.41, 5.74) is 0. The topological polar surface area (TPSA) is 119 Å². The van der Waals surface area contributed by atoms with Gasteiger partial charge >= 0.3 is 0 Å². The lowest BCUT2D eigenvalue weighted by molar-refractivity contribution is -0.144. The Morgan fingerprint density at radius 2 is 1.91 bits per heavy atom. The van der Waals surface area contributed by atoms with Gasteiger partial charge < -0.3 is 25.3 Å². The number of nitrogens with one attached hydrogen (secondary N) is 2. The molecule has 0 saturated carbocycles. The molecule has 0 bridgehead atoms. The van der Waals surface area contributed by atoms with Crippen molar-refractivity contribution < 1.29 is 24.0 Å². The van der Waals surface area contributed by atoms with Gasteiger partial charge in [0.25, 0.3) is 0 Å². The third-order valence-electron chi connectivity index (χ3n) is 7.75. The van der Waals surface area contributed by atoms with Crippen LogP contribution in [0.1, 0.15) is 37.5 Å². The SMILES string of the molecule is CC(=O)N1CCC(C(=O)NC2CC3C(=O)NC4CCN(C(=O)Cc5cccs5)C4C(=O)N3C2)CC1. The van der Waals surface area contributed by atoms with Gasteiger partial charge in [0.2, 0.25) is 29.5 Å². The normalized spacial score (nSPS) is 28.9. The van der Waals surface area contributed by atoms with Gasteiger partial charge in [-0.15, -0.1) is 11.3 Å². The lowest BCUT2D eigenvalue weighted by Crippen LogP contribution is -2.53. The number of likely N-dealkylation sites (tertiary alicyclic amines) is 2. The molecule has 0 aliphatic carbocycles. The molecule has 0 spiro atoms. The Balaban J connectivity index is 1.23. The number of nitrogens with zero attached hydrogens (tertiary/aromatic N) is 3. The third-order valence-corrected chi connectivity index (χ3v) is 8.63. The van der Waals surface area contributed by atoms with Crippen LogP contribution in [0.15, 0.2) is 17.5 Å². The van der Waals surface area contributed by atoms with Gasteiger partial charge in [0, 0.05) is 49.9 Å². The van der Waals surface area contributed by atoms with Crippen LogP contribution in [0.25, 0.3) is 0 Å². The number of carbonyl (C=O) groups is 5. The average Bonchev–Trinajstić information content (AvgIpc) is 3.57. The number of rotatable bonds is 4. The van der Waals surface area contributed by atoms with Crippen LogP contribution in [0.5, 0.6) is 0 Å². The highest BCUT2D eigenvalue weighted by molar-refractivity contribution is 7.10. The van der Waals surface area contributed by atoms with Crippen LogP contribution in [0.4, 0.5) is 0 Å². The number of hydrogen-bond acceptors (Lipinski definition) is 6. The Morgan fingerprint density at radius 1 is 1.14 bits per heavy atom. The smallest absolute Gasteiger partial charge is 0.248 e. The molecule has 0 radical (unpaired) electrons. The highest BCUT2D eigenvalue weighted by atomic mass is 32.1. The quantitative estimate of drug-likeness (QED) is 0.589. The summed E-state index contributed by atoms with van der Waals surface area (Å²) in [5.74, 6) is -0.797. The molecule has 0 aromatic carbocycles. The Labute approximate surface area is 208 Å². The molecule has 35 heavy (non-hydrogen) atoms. The molecule has 4 saturated heterocycles. The summed E-state index contributed by atoms with van der Waals surface area (Å²) < 4.78 is 0. The van der Waals surface area contributed by atoms with Crippen molar-refractivity contribution in [1.29, 1.82) is 0 Å². The van der Waals surface area contributed by atoms with Crippen LogP contribution in [0, 0.1) is 5.92 Å². The molecule has 2 N–H and O–H groups in total. The Morgan fingerprint density at radius 3 is 2.60 bits per heavy atom. The second-order valence-electron chi connectivity index (χ2n) is 9.92. The van der Waals surface area contributed by atoms with E-state index in [0.29, 0.717) is 45.3 Å². The van der Waals surface area contributed by atoms with E-state index in [1.807, 2.05) is 17.5 Å². The number of amides is 5. The van der Waals surface area contributed by atoms with Crippen molar-refractivity contribution in [2.45, 2.75) is 63.2 Å². The maximum absolute atomic E-state index is 13.6. The van der Waals surface area contributed by atoms with E-state index < -0.39 is 12.1 Å². The van der Waals surface area contributed by atoms with Gasteiger partial charge in [-0.05, 0) is 37.1 Å². The molecule has 5 amide bonds. The predicted molar refractivity (Wildman–Crippen MR) is 127 cm³/mol. The van der Waals surface area contributed by atoms with Gasteiger partial charge in [0.1, 0.15) is 12.1 Å². The molecular formula is C24H31N5O5S. The maximum atomic E-state index is 13.6. The monoisotopic (exact) mass is 501 g/mol. The Bertz CT molecular complexity index is 1020. The molecule has 5 rings (SSSR count). The molecule has 4 aliphatic rings. The van der Waals surface area contributed by atoms with Gasteiger partial charge in [-0.25, -0.2) is 0 Å². The predicted octanol–water partition coefficient (Wildman–Crippen LogP) is -0.266. The highest BCUT2D eigenvalue weighted by Gasteiger charge is 2.52. The lowest BCUT2D eigenvalue weighted by atomic mass is 9.95. The standard InChI is InChI=1S/C24H31N5O5S/c1-14(30)27-7-4-15(5-8-27)22(32)25-16-11-19-23(33)26-18-6-9-28(21(18)24(34)29(19)13-16)20(31)12-17-3-2-10-35-17/h2-3,10,15-16,18-19,21H,4-9,11-13H2,1H3,(H,25,32)(H,26,33). The largest absolute Gasteiger partial charge is 0.351 e. The minimum atomic E-state index is -0.707. The van der Waals surface area contributed by atoms with Gasteiger partial charge in [-0.2, -0.15) is 0 Å². The van der Waals surface area contributed by atoms with E-state index >= 15 is 0 Å². The van der Waals surface area contributed by atoms with Crippen molar-refractivity contribution in [3.63, 3.8) is 0 Å². The fourth-order valence-electron chi connectivity index (χ4n) is 5.85. The fourth-order valence-corrected chi connectivity index (χ4v) is 6.55. The number of carbonyl (C=O) groups excluding carboxylic acids is 5. The van der Waals surface area contributed by atoms with Gasteiger partial charge in [-0.1, -0.05) is 6.07 Å². The number of piperidine rings is 1. The summed E-state index contributed by atoms with van der Waals surface area (Å²) in [7, 11) is 0. The maximum Gasteiger partial charge on any atom is 0.248 e. The average molecular weight is 502 g/mol. The van der Waals surface area contributed by atoms with Crippen LogP contribution in [0.3, 0.4) is 0 Å². The number of fused-ring (bicyclic) bond motifs is 2. The van der Waals surface area contributed by atoms with Crippen LogP contribution < -0.4 is 10.6 Å².